The summed E-state index contributed by atoms with van der Waals surface area (Å²) < 4.78 is 16.3. The summed E-state index contributed by atoms with van der Waals surface area (Å²) in [6.07, 6.45) is 0. The highest BCUT2D eigenvalue weighted by molar-refractivity contribution is 5.92. The quantitative estimate of drug-likeness (QED) is 0.358. The van der Waals surface area contributed by atoms with Gasteiger partial charge in [-0.25, -0.2) is 4.98 Å². The Labute approximate surface area is 226 Å². The highest BCUT2D eigenvalue weighted by Crippen LogP contribution is 2.29. The average Bonchev–Trinajstić information content (AvgIpc) is 2.96. The number of rotatable bonds is 8. The van der Waals surface area contributed by atoms with Crippen molar-refractivity contribution in [1.29, 1.82) is 0 Å². The summed E-state index contributed by atoms with van der Waals surface area (Å²) in [7, 11) is 5.16. The molecule has 1 aromatic heterocycles. The maximum Gasteiger partial charge on any atom is 0.262 e. The minimum atomic E-state index is -0.316. The van der Waals surface area contributed by atoms with E-state index >= 15 is 0 Å². The minimum Gasteiger partial charge on any atom is -0.497 e. The zero-order valence-corrected chi connectivity index (χ0v) is 22.2. The summed E-state index contributed by atoms with van der Waals surface area (Å²) in [6, 6.07) is 18.2. The van der Waals surface area contributed by atoms with Crippen molar-refractivity contribution in [2.45, 2.75) is 0 Å². The number of carbonyl (C=O) groups is 1. The molecule has 5 rings (SSSR count). The molecule has 10 heteroatoms. The highest BCUT2D eigenvalue weighted by Gasteiger charge is 2.16. The van der Waals surface area contributed by atoms with E-state index in [1.54, 1.807) is 43.5 Å². The third-order valence-corrected chi connectivity index (χ3v) is 6.70. The molecule has 3 aromatic carbocycles. The summed E-state index contributed by atoms with van der Waals surface area (Å²) in [5.41, 5.74) is 2.65. The summed E-state index contributed by atoms with van der Waals surface area (Å²) in [5, 5.41) is 3.26. The van der Waals surface area contributed by atoms with Crippen LogP contribution in [0.1, 0.15) is 0 Å². The predicted octanol–water partition coefficient (Wildman–Crippen LogP) is 3.38. The number of carbonyl (C=O) groups excluding carboxylic acids is 1. The number of hydrogen-bond donors (Lipinski definition) is 2. The molecule has 39 heavy (non-hydrogen) atoms. The number of likely N-dealkylation sites (N-methyl/N-ethyl adjacent to an activating group) is 1. The number of methoxy groups -OCH3 is 2. The second kappa shape index (κ2) is 11.4. The third kappa shape index (κ3) is 5.96. The lowest BCUT2D eigenvalue weighted by Crippen LogP contribution is -2.44. The number of aromatic amines is 1. The fourth-order valence-corrected chi connectivity index (χ4v) is 4.53. The van der Waals surface area contributed by atoms with Gasteiger partial charge in [-0.3, -0.25) is 9.59 Å². The van der Waals surface area contributed by atoms with Crippen LogP contribution in [0.5, 0.6) is 17.2 Å². The van der Waals surface area contributed by atoms with Gasteiger partial charge in [-0.2, -0.15) is 0 Å². The highest BCUT2D eigenvalue weighted by atomic mass is 16.5. The zero-order chi connectivity index (χ0) is 27.4. The molecule has 0 unspecified atom stereocenters. The number of nitrogens with one attached hydrogen (secondary N) is 2. The van der Waals surface area contributed by atoms with Gasteiger partial charge < -0.3 is 34.3 Å². The Morgan fingerprint density at radius 1 is 0.974 bits per heavy atom. The van der Waals surface area contributed by atoms with Gasteiger partial charge in [0.05, 0.1) is 19.7 Å². The normalized spacial score (nSPS) is 13.8. The molecule has 1 fully saturated rings. The topological polar surface area (TPSA) is 109 Å². The lowest BCUT2D eigenvalue weighted by molar-refractivity contribution is -0.118. The van der Waals surface area contributed by atoms with Gasteiger partial charge in [-0.05, 0) is 49.5 Å². The van der Waals surface area contributed by atoms with Crippen LogP contribution in [0.3, 0.4) is 0 Å². The number of benzene rings is 3. The molecule has 202 valence electrons. The van der Waals surface area contributed by atoms with Gasteiger partial charge in [0, 0.05) is 55.2 Å². The van der Waals surface area contributed by atoms with Crippen molar-refractivity contribution in [3.63, 3.8) is 0 Å². The van der Waals surface area contributed by atoms with Crippen molar-refractivity contribution >= 4 is 28.2 Å². The molecule has 0 spiro atoms. The molecule has 0 atom stereocenters. The summed E-state index contributed by atoms with van der Waals surface area (Å²) >= 11 is 0. The predicted molar refractivity (Wildman–Crippen MR) is 151 cm³/mol. The number of nitrogens with zero attached hydrogens (tertiary/aromatic N) is 3. The van der Waals surface area contributed by atoms with Crippen molar-refractivity contribution in [1.82, 2.24) is 14.9 Å². The van der Waals surface area contributed by atoms with Gasteiger partial charge >= 0.3 is 0 Å². The van der Waals surface area contributed by atoms with Gasteiger partial charge in [0.2, 0.25) is 0 Å². The van der Waals surface area contributed by atoms with Crippen LogP contribution in [-0.4, -0.2) is 74.8 Å². The Hall–Kier alpha value is -4.57. The van der Waals surface area contributed by atoms with Crippen LogP contribution >= 0.6 is 0 Å². The van der Waals surface area contributed by atoms with Gasteiger partial charge in [0.1, 0.15) is 28.5 Å². The van der Waals surface area contributed by atoms with E-state index in [-0.39, 0.29) is 18.1 Å². The van der Waals surface area contributed by atoms with Gasteiger partial charge in [0.15, 0.2) is 6.61 Å². The molecule has 0 radical (unpaired) electrons. The largest absolute Gasteiger partial charge is 0.497 e. The number of hydrogen-bond acceptors (Lipinski definition) is 8. The third-order valence-electron chi connectivity index (χ3n) is 6.70. The summed E-state index contributed by atoms with van der Waals surface area (Å²) in [4.78, 5) is 37.3. The molecule has 2 heterocycles. The fraction of sp³-hybridized carbons (Fsp3) is 0.276. The maximum atomic E-state index is 12.8. The van der Waals surface area contributed by atoms with Gasteiger partial charge in [-0.1, -0.05) is 6.07 Å². The molecule has 1 amide bonds. The van der Waals surface area contributed by atoms with Crippen LogP contribution in [-0.2, 0) is 4.79 Å². The van der Waals surface area contributed by atoms with E-state index in [4.69, 9.17) is 14.2 Å². The number of piperazine rings is 1. The second-order valence-electron chi connectivity index (χ2n) is 9.34. The first-order chi connectivity index (χ1) is 18.9. The van der Waals surface area contributed by atoms with Crippen LogP contribution in [0.25, 0.3) is 22.3 Å². The monoisotopic (exact) mass is 529 g/mol. The Morgan fingerprint density at radius 3 is 2.46 bits per heavy atom. The molecule has 10 nitrogen and oxygen atoms in total. The Morgan fingerprint density at radius 2 is 1.74 bits per heavy atom. The van der Waals surface area contributed by atoms with E-state index in [9.17, 15) is 9.59 Å². The number of amides is 1. The van der Waals surface area contributed by atoms with E-state index < -0.39 is 0 Å². The maximum absolute atomic E-state index is 12.8. The van der Waals surface area contributed by atoms with Crippen molar-refractivity contribution in [3.8, 4) is 28.6 Å². The number of fused-ring (bicyclic) bond motifs is 1. The first-order valence-electron chi connectivity index (χ1n) is 12.7. The lowest BCUT2D eigenvalue weighted by atomic mass is 10.1. The molecule has 1 saturated heterocycles. The molecule has 2 N–H and O–H groups in total. The first-order valence-corrected chi connectivity index (χ1v) is 12.7. The van der Waals surface area contributed by atoms with E-state index in [0.717, 1.165) is 37.6 Å². The number of aromatic nitrogens is 2. The van der Waals surface area contributed by atoms with Gasteiger partial charge in [-0.15, -0.1) is 0 Å². The number of ether oxygens (including phenoxy) is 3. The SMILES string of the molecule is COc1cc(OC)c2c(=O)[nH]c(-c3ccc(OCC(=O)Nc4cccc(N5CCN(C)CC5)c4)cc3)nc2c1. The van der Waals surface area contributed by atoms with Crippen LogP contribution in [0.4, 0.5) is 11.4 Å². The second-order valence-corrected chi connectivity index (χ2v) is 9.34. The van der Waals surface area contributed by atoms with Crippen molar-refractivity contribution in [2.24, 2.45) is 0 Å². The molecule has 1 aliphatic heterocycles. The van der Waals surface area contributed by atoms with Crippen LogP contribution in [0, 0.1) is 0 Å². The van der Waals surface area contributed by atoms with Crippen LogP contribution in [0.2, 0.25) is 0 Å². The van der Waals surface area contributed by atoms with Crippen LogP contribution < -0.4 is 30.0 Å². The summed E-state index contributed by atoms with van der Waals surface area (Å²) in [5.74, 6) is 1.59. The molecular weight excluding hydrogens is 498 g/mol. The molecule has 0 aliphatic carbocycles. The fourth-order valence-electron chi connectivity index (χ4n) is 4.53. The average molecular weight is 530 g/mol. The van der Waals surface area contributed by atoms with E-state index in [0.29, 0.717) is 39.5 Å². The zero-order valence-electron chi connectivity index (χ0n) is 22.2. The van der Waals surface area contributed by atoms with E-state index in [2.05, 4.69) is 38.2 Å². The summed E-state index contributed by atoms with van der Waals surface area (Å²) in [6.45, 7) is 3.80. The van der Waals surface area contributed by atoms with Crippen LogP contribution in [0.15, 0.2) is 65.5 Å². The van der Waals surface area contributed by atoms with Gasteiger partial charge in [0.25, 0.3) is 11.5 Å². The van der Waals surface area contributed by atoms with E-state index in [1.165, 1.54) is 7.11 Å². The van der Waals surface area contributed by atoms with Crippen molar-refractivity contribution < 1.29 is 19.0 Å². The van der Waals surface area contributed by atoms with Crippen molar-refractivity contribution in [3.05, 3.63) is 71.0 Å². The smallest absolute Gasteiger partial charge is 0.262 e. The number of anilines is 2. The molecule has 1 aliphatic rings. The number of H-pyrrole nitrogens is 1. The Balaban J connectivity index is 1.23. The van der Waals surface area contributed by atoms with E-state index in [1.807, 2.05) is 18.2 Å². The molecular formula is C29H31N5O5. The Bertz CT molecular complexity index is 1530. The first kappa shape index (κ1) is 26.1. The lowest BCUT2D eigenvalue weighted by Gasteiger charge is -2.34. The molecule has 4 aromatic rings. The standard InChI is InChI=1S/C29H31N5O5/c1-33-11-13-34(14-12-33)21-6-4-5-20(15-21)30-26(35)18-39-22-9-7-19(8-10-22)28-31-24-16-23(37-2)17-25(38-3)27(24)29(36)32-28/h4-10,15-17H,11-14,18H2,1-3H3,(H,30,35)(H,31,32,36). The Kier molecular flexibility index (Phi) is 7.64. The van der Waals surface area contributed by atoms with Crippen molar-refractivity contribution in [2.75, 3.05) is 64.3 Å². The molecule has 0 saturated carbocycles. The minimum absolute atomic E-state index is 0.136. The molecule has 0 bridgehead atoms.